The van der Waals surface area contributed by atoms with E-state index in [0.717, 1.165) is 23.9 Å². The molecule has 2 aromatic carbocycles. The third-order valence-electron chi connectivity index (χ3n) is 2.68. The summed E-state index contributed by atoms with van der Waals surface area (Å²) in [7, 11) is 0. The number of ether oxygens (including phenoxy) is 1. The Morgan fingerprint density at radius 1 is 1.24 bits per heavy atom. The first-order chi connectivity index (χ1) is 10.0. The highest BCUT2D eigenvalue weighted by Crippen LogP contribution is 2.34. The van der Waals surface area contributed by atoms with Crippen LogP contribution in [0.2, 0.25) is 0 Å². The van der Waals surface area contributed by atoms with E-state index in [9.17, 15) is 13.6 Å². The molecule has 0 amide bonds. The van der Waals surface area contributed by atoms with Gasteiger partial charge in [0.05, 0.1) is 17.9 Å². The molecule has 21 heavy (non-hydrogen) atoms. The second-order valence-corrected chi connectivity index (χ2v) is 5.23. The van der Waals surface area contributed by atoms with E-state index in [1.165, 1.54) is 6.07 Å². The van der Waals surface area contributed by atoms with Gasteiger partial charge in [0.15, 0.2) is 11.6 Å². The molecule has 2 N–H and O–H groups in total. The highest BCUT2D eigenvalue weighted by molar-refractivity contribution is 7.99. The van der Waals surface area contributed by atoms with Gasteiger partial charge in [-0.15, -0.1) is 0 Å². The van der Waals surface area contributed by atoms with E-state index >= 15 is 0 Å². The standard InChI is InChI=1S/C15H13F2NO2S/c1-2-20-15(19)10-4-3-5-13(14(10)18)21-9-6-7-11(16)12(17)8-9/h3-8H,2,18H2,1H3. The Labute approximate surface area is 125 Å². The minimum atomic E-state index is -0.930. The Balaban J connectivity index is 2.30. The number of esters is 1. The molecule has 0 bridgehead atoms. The Morgan fingerprint density at radius 3 is 2.67 bits per heavy atom. The predicted molar refractivity (Wildman–Crippen MR) is 77.3 cm³/mol. The van der Waals surface area contributed by atoms with E-state index in [-0.39, 0.29) is 17.9 Å². The molecule has 0 saturated carbocycles. The number of hydrogen-bond acceptors (Lipinski definition) is 4. The van der Waals surface area contributed by atoms with Gasteiger partial charge in [-0.05, 0) is 37.3 Å². The lowest BCUT2D eigenvalue weighted by Gasteiger charge is -2.10. The Bertz CT molecular complexity index is 677. The molecule has 0 fully saturated rings. The highest BCUT2D eigenvalue weighted by Gasteiger charge is 2.14. The van der Waals surface area contributed by atoms with Crippen LogP contribution in [0.3, 0.4) is 0 Å². The third kappa shape index (κ3) is 3.52. The predicted octanol–water partition coefficient (Wildman–Crippen LogP) is 3.87. The maximum Gasteiger partial charge on any atom is 0.340 e. The maximum absolute atomic E-state index is 13.2. The van der Waals surface area contributed by atoms with E-state index < -0.39 is 17.6 Å². The van der Waals surface area contributed by atoms with Gasteiger partial charge in [0, 0.05) is 9.79 Å². The summed E-state index contributed by atoms with van der Waals surface area (Å²) in [5, 5.41) is 0. The van der Waals surface area contributed by atoms with Crippen LogP contribution in [-0.4, -0.2) is 12.6 Å². The minimum absolute atomic E-state index is 0.249. The molecule has 0 heterocycles. The average Bonchev–Trinajstić information content (AvgIpc) is 2.45. The van der Waals surface area contributed by atoms with E-state index in [1.807, 2.05) is 0 Å². The largest absolute Gasteiger partial charge is 0.462 e. The van der Waals surface area contributed by atoms with Crippen molar-refractivity contribution in [1.82, 2.24) is 0 Å². The van der Waals surface area contributed by atoms with Crippen molar-refractivity contribution in [3.8, 4) is 0 Å². The molecule has 0 aliphatic rings. The zero-order valence-electron chi connectivity index (χ0n) is 11.2. The number of hydrogen-bond donors (Lipinski definition) is 1. The first kappa shape index (κ1) is 15.3. The van der Waals surface area contributed by atoms with E-state index in [1.54, 1.807) is 25.1 Å². The lowest BCUT2D eigenvalue weighted by Crippen LogP contribution is -2.08. The van der Waals surface area contributed by atoms with Gasteiger partial charge < -0.3 is 10.5 Å². The quantitative estimate of drug-likeness (QED) is 0.688. The van der Waals surface area contributed by atoms with Crippen LogP contribution in [0.1, 0.15) is 17.3 Å². The minimum Gasteiger partial charge on any atom is -0.462 e. The van der Waals surface area contributed by atoms with Crippen LogP contribution in [0, 0.1) is 11.6 Å². The number of nitrogen functional groups attached to an aromatic ring is 1. The summed E-state index contributed by atoms with van der Waals surface area (Å²) in [6.07, 6.45) is 0. The summed E-state index contributed by atoms with van der Waals surface area (Å²) in [5.74, 6) is -2.35. The fourth-order valence-electron chi connectivity index (χ4n) is 1.69. The topological polar surface area (TPSA) is 52.3 Å². The lowest BCUT2D eigenvalue weighted by molar-refractivity contribution is 0.0527. The number of nitrogens with two attached hydrogens (primary N) is 1. The number of para-hydroxylation sites is 1. The number of benzene rings is 2. The van der Waals surface area contributed by atoms with E-state index in [4.69, 9.17) is 10.5 Å². The third-order valence-corrected chi connectivity index (χ3v) is 3.75. The Morgan fingerprint density at radius 2 is 2.00 bits per heavy atom. The van der Waals surface area contributed by atoms with Crippen LogP contribution in [0.4, 0.5) is 14.5 Å². The van der Waals surface area contributed by atoms with Gasteiger partial charge in [-0.2, -0.15) is 0 Å². The number of halogens is 2. The van der Waals surface area contributed by atoms with Crippen LogP contribution in [0.5, 0.6) is 0 Å². The van der Waals surface area contributed by atoms with Crippen LogP contribution in [-0.2, 0) is 4.74 Å². The van der Waals surface area contributed by atoms with Crippen LogP contribution >= 0.6 is 11.8 Å². The van der Waals surface area contributed by atoms with Crippen LogP contribution in [0.25, 0.3) is 0 Å². The molecule has 3 nitrogen and oxygen atoms in total. The molecule has 110 valence electrons. The van der Waals surface area contributed by atoms with Gasteiger partial charge in [-0.3, -0.25) is 0 Å². The first-order valence-corrected chi connectivity index (χ1v) is 7.03. The van der Waals surface area contributed by atoms with Crippen molar-refractivity contribution in [1.29, 1.82) is 0 Å². The van der Waals surface area contributed by atoms with Gasteiger partial charge in [0.2, 0.25) is 0 Å². The van der Waals surface area contributed by atoms with Gasteiger partial charge in [0.25, 0.3) is 0 Å². The van der Waals surface area contributed by atoms with E-state index in [2.05, 4.69) is 0 Å². The van der Waals surface area contributed by atoms with Gasteiger partial charge in [-0.25, -0.2) is 13.6 Å². The van der Waals surface area contributed by atoms with Crippen LogP contribution in [0.15, 0.2) is 46.2 Å². The first-order valence-electron chi connectivity index (χ1n) is 6.21. The number of carbonyl (C=O) groups excluding carboxylic acids is 1. The van der Waals surface area contributed by atoms with Crippen molar-refractivity contribution in [2.45, 2.75) is 16.7 Å². The van der Waals surface area contributed by atoms with Crippen LogP contribution < -0.4 is 5.73 Å². The summed E-state index contributed by atoms with van der Waals surface area (Å²) >= 11 is 1.15. The van der Waals surface area contributed by atoms with Gasteiger partial charge >= 0.3 is 5.97 Å². The Kier molecular flexibility index (Phi) is 4.80. The second-order valence-electron chi connectivity index (χ2n) is 4.12. The monoisotopic (exact) mass is 309 g/mol. The number of rotatable bonds is 4. The molecule has 0 unspecified atom stereocenters. The van der Waals surface area contributed by atoms with Crippen molar-refractivity contribution in [2.75, 3.05) is 12.3 Å². The van der Waals surface area contributed by atoms with Crippen molar-refractivity contribution in [3.63, 3.8) is 0 Å². The van der Waals surface area contributed by atoms with Crippen molar-refractivity contribution in [2.24, 2.45) is 0 Å². The van der Waals surface area contributed by atoms with E-state index in [0.29, 0.717) is 9.79 Å². The zero-order chi connectivity index (χ0) is 15.4. The molecule has 0 atom stereocenters. The lowest BCUT2D eigenvalue weighted by atomic mass is 10.2. The summed E-state index contributed by atoms with van der Waals surface area (Å²) in [6.45, 7) is 1.95. The average molecular weight is 309 g/mol. The smallest absolute Gasteiger partial charge is 0.340 e. The maximum atomic E-state index is 13.2. The summed E-state index contributed by atoms with van der Waals surface area (Å²) < 4.78 is 31.0. The SMILES string of the molecule is CCOC(=O)c1cccc(Sc2ccc(F)c(F)c2)c1N. The molecule has 0 aliphatic heterocycles. The fourth-order valence-corrected chi connectivity index (χ4v) is 2.61. The van der Waals surface area contributed by atoms with Crippen molar-refractivity contribution < 1.29 is 18.3 Å². The molecule has 0 aromatic heterocycles. The summed E-state index contributed by atoms with van der Waals surface area (Å²) in [6, 6.07) is 8.48. The summed E-state index contributed by atoms with van der Waals surface area (Å²) in [5.41, 5.74) is 6.45. The molecule has 6 heteroatoms. The molecule has 0 radical (unpaired) electrons. The number of carbonyl (C=O) groups is 1. The van der Waals surface area contributed by atoms with Gasteiger partial charge in [-0.1, -0.05) is 17.8 Å². The zero-order valence-corrected chi connectivity index (χ0v) is 12.0. The molecule has 0 spiro atoms. The fraction of sp³-hybridized carbons (Fsp3) is 0.133. The highest BCUT2D eigenvalue weighted by atomic mass is 32.2. The van der Waals surface area contributed by atoms with Crippen molar-refractivity contribution >= 4 is 23.4 Å². The second kappa shape index (κ2) is 6.58. The molecule has 2 aromatic rings. The number of anilines is 1. The molecular weight excluding hydrogens is 296 g/mol. The summed E-state index contributed by atoms with van der Waals surface area (Å²) in [4.78, 5) is 12.8. The van der Waals surface area contributed by atoms with Gasteiger partial charge in [0.1, 0.15) is 0 Å². The molecule has 0 aliphatic carbocycles. The Hall–Kier alpha value is -2.08. The molecule has 0 saturated heterocycles. The normalized spacial score (nSPS) is 10.4. The molecular formula is C15H13F2NO2S. The molecule has 2 rings (SSSR count). The van der Waals surface area contributed by atoms with Crippen molar-refractivity contribution in [3.05, 3.63) is 53.6 Å².